The Bertz CT molecular complexity index is 503. The molecule has 1 N–H and O–H groups in total. The molecule has 2 aromatic rings. The van der Waals surface area contributed by atoms with Crippen molar-refractivity contribution in [2.75, 3.05) is 5.32 Å². The number of anilines is 1. The van der Waals surface area contributed by atoms with E-state index in [-0.39, 0.29) is 0 Å². The Kier molecular flexibility index (Phi) is 3.21. The average molecular weight is 308 g/mol. The molecule has 1 heterocycles. The molecule has 0 bridgehead atoms. The average Bonchev–Trinajstić information content (AvgIpc) is 2.81. The van der Waals surface area contributed by atoms with Gasteiger partial charge in [-0.3, -0.25) is 0 Å². The van der Waals surface area contributed by atoms with E-state index in [0.29, 0.717) is 6.04 Å². The summed E-state index contributed by atoms with van der Waals surface area (Å²) in [5, 5.41) is 5.85. The minimum absolute atomic E-state index is 0.492. The summed E-state index contributed by atoms with van der Waals surface area (Å²) in [6.07, 6.45) is 3.78. The van der Waals surface area contributed by atoms with E-state index in [9.17, 15) is 0 Å². The van der Waals surface area contributed by atoms with Gasteiger partial charge in [-0.2, -0.15) is 0 Å². The molecule has 1 aliphatic carbocycles. The molecule has 1 aromatic carbocycles. The molecular weight excluding hydrogens is 294 g/mol. The molecule has 0 radical (unpaired) electrons. The molecule has 0 saturated carbocycles. The fourth-order valence-corrected chi connectivity index (χ4v) is 3.64. The van der Waals surface area contributed by atoms with Crippen molar-refractivity contribution in [3.8, 4) is 0 Å². The number of halogens is 1. The van der Waals surface area contributed by atoms with Crippen LogP contribution in [0, 0.1) is 0 Å². The Morgan fingerprint density at radius 1 is 1.18 bits per heavy atom. The molecule has 1 aromatic heterocycles. The van der Waals surface area contributed by atoms with Crippen molar-refractivity contribution in [2.24, 2.45) is 0 Å². The lowest BCUT2D eigenvalue weighted by molar-refractivity contribution is 0.609. The zero-order chi connectivity index (χ0) is 11.7. The third kappa shape index (κ3) is 2.40. The first kappa shape index (κ1) is 11.3. The minimum Gasteiger partial charge on any atom is -0.378 e. The molecule has 1 atom stereocenters. The van der Waals surface area contributed by atoms with Crippen LogP contribution in [0.4, 0.5) is 5.69 Å². The van der Waals surface area contributed by atoms with Gasteiger partial charge in [0.15, 0.2) is 0 Å². The lowest BCUT2D eigenvalue weighted by atomic mass is 9.94. The molecule has 0 fully saturated rings. The lowest BCUT2D eigenvalue weighted by Gasteiger charge is -2.24. The van der Waals surface area contributed by atoms with Gasteiger partial charge in [0.1, 0.15) is 0 Å². The van der Waals surface area contributed by atoms with Crippen LogP contribution in [-0.2, 0) is 6.42 Å². The van der Waals surface area contributed by atoms with E-state index < -0.39 is 0 Å². The van der Waals surface area contributed by atoms with Gasteiger partial charge in [-0.1, -0.05) is 15.9 Å². The Hall–Kier alpha value is -0.800. The van der Waals surface area contributed by atoms with Gasteiger partial charge >= 0.3 is 0 Å². The predicted octanol–water partition coefficient (Wildman–Crippen LogP) is 5.00. The van der Waals surface area contributed by atoms with Gasteiger partial charge in [0.05, 0.1) is 6.04 Å². The highest BCUT2D eigenvalue weighted by Crippen LogP contribution is 2.35. The van der Waals surface area contributed by atoms with Gasteiger partial charge < -0.3 is 5.32 Å². The number of nitrogens with one attached hydrogen (secondary N) is 1. The maximum atomic E-state index is 3.64. The van der Waals surface area contributed by atoms with Gasteiger partial charge in [-0.15, -0.1) is 11.3 Å². The summed E-state index contributed by atoms with van der Waals surface area (Å²) < 4.78 is 1.13. The first-order valence-electron chi connectivity index (χ1n) is 5.91. The first-order chi connectivity index (χ1) is 8.33. The third-order valence-electron chi connectivity index (χ3n) is 3.24. The van der Waals surface area contributed by atoms with Crippen LogP contribution < -0.4 is 5.32 Å². The maximum Gasteiger partial charge on any atom is 0.0524 e. The zero-order valence-corrected chi connectivity index (χ0v) is 11.9. The largest absolute Gasteiger partial charge is 0.378 e. The molecular formula is C14H14BrNS. The normalized spacial score (nSPS) is 18.8. The summed E-state index contributed by atoms with van der Waals surface area (Å²) in [6.45, 7) is 0. The molecule has 0 saturated heterocycles. The molecule has 3 rings (SSSR count). The van der Waals surface area contributed by atoms with E-state index in [1.807, 2.05) is 11.3 Å². The van der Waals surface area contributed by atoms with Crippen LogP contribution in [0.2, 0.25) is 0 Å². The van der Waals surface area contributed by atoms with Crippen molar-refractivity contribution >= 4 is 33.0 Å². The fraction of sp³-hybridized carbons (Fsp3) is 0.286. The zero-order valence-electron chi connectivity index (χ0n) is 9.45. The van der Waals surface area contributed by atoms with Gasteiger partial charge in [-0.25, -0.2) is 0 Å². The molecule has 1 nitrogen and oxygen atoms in total. The highest BCUT2D eigenvalue weighted by atomic mass is 79.9. The van der Waals surface area contributed by atoms with E-state index in [0.717, 1.165) is 4.47 Å². The second-order valence-electron chi connectivity index (χ2n) is 4.40. The van der Waals surface area contributed by atoms with E-state index >= 15 is 0 Å². The van der Waals surface area contributed by atoms with E-state index in [4.69, 9.17) is 0 Å². The minimum atomic E-state index is 0.492. The summed E-state index contributed by atoms with van der Waals surface area (Å²) in [7, 11) is 0. The Morgan fingerprint density at radius 2 is 2.00 bits per heavy atom. The van der Waals surface area contributed by atoms with Crippen LogP contribution in [0.25, 0.3) is 0 Å². The van der Waals surface area contributed by atoms with E-state index in [1.165, 1.54) is 30.5 Å². The number of benzene rings is 1. The van der Waals surface area contributed by atoms with Crippen LogP contribution in [0.3, 0.4) is 0 Å². The van der Waals surface area contributed by atoms with E-state index in [1.54, 1.807) is 4.88 Å². The predicted molar refractivity (Wildman–Crippen MR) is 77.8 cm³/mol. The molecule has 0 amide bonds. The molecule has 1 unspecified atom stereocenters. The highest BCUT2D eigenvalue weighted by Gasteiger charge is 2.20. The quantitative estimate of drug-likeness (QED) is 0.823. The van der Waals surface area contributed by atoms with Crippen molar-refractivity contribution in [2.45, 2.75) is 25.3 Å². The van der Waals surface area contributed by atoms with Gasteiger partial charge in [-0.05, 0) is 60.5 Å². The summed E-state index contributed by atoms with van der Waals surface area (Å²) in [5.41, 5.74) is 2.71. The molecule has 3 heteroatoms. The van der Waals surface area contributed by atoms with Gasteiger partial charge in [0.25, 0.3) is 0 Å². The topological polar surface area (TPSA) is 12.0 Å². The van der Waals surface area contributed by atoms with Crippen LogP contribution in [-0.4, -0.2) is 0 Å². The van der Waals surface area contributed by atoms with Crippen molar-refractivity contribution in [1.29, 1.82) is 0 Å². The van der Waals surface area contributed by atoms with Crippen molar-refractivity contribution in [3.63, 3.8) is 0 Å². The highest BCUT2D eigenvalue weighted by molar-refractivity contribution is 9.10. The molecule has 88 valence electrons. The van der Waals surface area contributed by atoms with Crippen LogP contribution in [0.5, 0.6) is 0 Å². The fourth-order valence-electron chi connectivity index (χ4n) is 2.38. The van der Waals surface area contributed by atoms with Crippen molar-refractivity contribution in [3.05, 3.63) is 50.6 Å². The second kappa shape index (κ2) is 4.83. The second-order valence-corrected chi connectivity index (χ2v) is 6.31. The van der Waals surface area contributed by atoms with Crippen LogP contribution in [0.15, 0.2) is 40.2 Å². The van der Waals surface area contributed by atoms with Crippen LogP contribution >= 0.6 is 27.3 Å². The van der Waals surface area contributed by atoms with Crippen LogP contribution in [0.1, 0.15) is 29.3 Å². The van der Waals surface area contributed by atoms with Gasteiger partial charge in [0.2, 0.25) is 0 Å². The standard InChI is InChI=1S/C14H14BrNS/c15-10-4-6-11(7-5-10)16-13-2-1-3-14-12(13)8-9-17-14/h4-9,13,16H,1-3H2. The Labute approximate surface area is 114 Å². The smallest absolute Gasteiger partial charge is 0.0524 e. The first-order valence-corrected chi connectivity index (χ1v) is 7.58. The van der Waals surface area contributed by atoms with E-state index in [2.05, 4.69) is 57.0 Å². The molecule has 1 aliphatic rings. The number of aryl methyl sites for hydroxylation is 1. The van der Waals surface area contributed by atoms with Gasteiger partial charge in [0, 0.05) is 15.0 Å². The lowest BCUT2D eigenvalue weighted by Crippen LogP contribution is -2.15. The summed E-state index contributed by atoms with van der Waals surface area (Å²) in [6, 6.07) is 11.2. The van der Waals surface area contributed by atoms with Crippen molar-refractivity contribution in [1.82, 2.24) is 0 Å². The number of hydrogen-bond acceptors (Lipinski definition) is 2. The number of fused-ring (bicyclic) bond motifs is 1. The molecule has 0 aliphatic heterocycles. The summed E-state index contributed by atoms with van der Waals surface area (Å²) >= 11 is 5.36. The SMILES string of the molecule is Brc1ccc(NC2CCCc3sccc32)cc1. The molecule has 0 spiro atoms. The monoisotopic (exact) mass is 307 g/mol. The number of thiophene rings is 1. The van der Waals surface area contributed by atoms with Crippen molar-refractivity contribution < 1.29 is 0 Å². The Morgan fingerprint density at radius 3 is 2.82 bits per heavy atom. The maximum absolute atomic E-state index is 3.64. The molecule has 17 heavy (non-hydrogen) atoms. The number of rotatable bonds is 2. The Balaban J connectivity index is 1.81. The third-order valence-corrected chi connectivity index (χ3v) is 4.76. The number of hydrogen-bond donors (Lipinski definition) is 1. The summed E-state index contributed by atoms with van der Waals surface area (Å²) in [4.78, 5) is 1.56. The summed E-state index contributed by atoms with van der Waals surface area (Å²) in [5.74, 6) is 0.